The second-order valence-corrected chi connectivity index (χ2v) is 6.00. The van der Waals surface area contributed by atoms with Gasteiger partial charge in [0.1, 0.15) is 5.92 Å². The van der Waals surface area contributed by atoms with Gasteiger partial charge in [0, 0.05) is 12.5 Å². The third kappa shape index (κ3) is 3.33. The van der Waals surface area contributed by atoms with E-state index in [-0.39, 0.29) is 17.8 Å². The molecule has 0 bridgehead atoms. The average Bonchev–Trinajstić information content (AvgIpc) is 2.96. The van der Waals surface area contributed by atoms with E-state index in [4.69, 9.17) is 4.74 Å². The molecule has 1 fully saturated rings. The normalized spacial score (nSPS) is 23.0. The summed E-state index contributed by atoms with van der Waals surface area (Å²) < 4.78 is 5.59. The Labute approximate surface area is 126 Å². The predicted octanol–water partition coefficient (Wildman–Crippen LogP) is 3.80. The van der Waals surface area contributed by atoms with Crippen molar-refractivity contribution in [1.29, 1.82) is 5.26 Å². The number of rotatable bonds is 5. The summed E-state index contributed by atoms with van der Waals surface area (Å²) in [7, 11) is 0. The molecule has 3 atom stereocenters. The Kier molecular flexibility index (Phi) is 5.14. The third-order valence-electron chi connectivity index (χ3n) is 4.33. The van der Waals surface area contributed by atoms with Gasteiger partial charge in [-0.05, 0) is 29.9 Å². The number of hydrogen-bond donors (Lipinski definition) is 0. The number of Topliss-reactive ketones (excluding diaryl/α,β-unsaturated/α-hetero) is 1. The summed E-state index contributed by atoms with van der Waals surface area (Å²) in [6.07, 6.45) is 1.53. The number of nitrogens with zero attached hydrogens (tertiary/aromatic N) is 1. The van der Waals surface area contributed by atoms with Crippen LogP contribution in [-0.2, 0) is 9.53 Å². The molecule has 1 heterocycles. The van der Waals surface area contributed by atoms with Gasteiger partial charge in [-0.1, -0.05) is 45.0 Å². The molecule has 0 saturated carbocycles. The van der Waals surface area contributed by atoms with Gasteiger partial charge >= 0.3 is 0 Å². The first-order chi connectivity index (χ1) is 10.1. The number of benzene rings is 1. The van der Waals surface area contributed by atoms with Crippen LogP contribution in [0.2, 0.25) is 0 Å². The first-order valence-corrected chi connectivity index (χ1v) is 7.73. The predicted molar refractivity (Wildman–Crippen MR) is 82.0 cm³/mol. The van der Waals surface area contributed by atoms with Crippen LogP contribution in [0.5, 0.6) is 0 Å². The number of ketones is 1. The first-order valence-electron chi connectivity index (χ1n) is 7.73. The maximum atomic E-state index is 12.7. The van der Waals surface area contributed by atoms with Crippen molar-refractivity contribution in [2.45, 2.75) is 51.6 Å². The van der Waals surface area contributed by atoms with Gasteiger partial charge in [0.05, 0.1) is 12.2 Å². The largest absolute Gasteiger partial charge is 0.377 e. The Bertz CT molecular complexity index is 527. The Hall–Kier alpha value is -1.66. The van der Waals surface area contributed by atoms with E-state index in [1.54, 1.807) is 0 Å². The van der Waals surface area contributed by atoms with E-state index in [2.05, 4.69) is 19.9 Å². The van der Waals surface area contributed by atoms with Crippen molar-refractivity contribution in [3.63, 3.8) is 0 Å². The highest BCUT2D eigenvalue weighted by Crippen LogP contribution is 2.30. The van der Waals surface area contributed by atoms with Crippen molar-refractivity contribution in [1.82, 2.24) is 0 Å². The maximum absolute atomic E-state index is 12.7. The lowest BCUT2D eigenvalue weighted by molar-refractivity contribution is -0.124. The molecule has 1 aromatic rings. The second kappa shape index (κ2) is 6.87. The van der Waals surface area contributed by atoms with Crippen LogP contribution in [0.15, 0.2) is 24.3 Å². The lowest BCUT2D eigenvalue weighted by Gasteiger charge is -2.19. The molecule has 0 radical (unpaired) electrons. The Morgan fingerprint density at radius 3 is 2.48 bits per heavy atom. The minimum Gasteiger partial charge on any atom is -0.377 e. The van der Waals surface area contributed by atoms with Crippen molar-refractivity contribution in [3.8, 4) is 6.07 Å². The molecule has 1 aliphatic heterocycles. The van der Waals surface area contributed by atoms with Crippen LogP contribution >= 0.6 is 0 Å². The van der Waals surface area contributed by atoms with E-state index in [1.807, 2.05) is 31.2 Å². The number of carbonyl (C=O) groups excluding carboxylic acids is 1. The molecule has 1 saturated heterocycles. The molecule has 3 unspecified atom stereocenters. The quantitative estimate of drug-likeness (QED) is 0.826. The monoisotopic (exact) mass is 285 g/mol. The highest BCUT2D eigenvalue weighted by molar-refractivity contribution is 5.91. The van der Waals surface area contributed by atoms with Gasteiger partial charge < -0.3 is 4.74 Å². The molecular formula is C18H23NO2. The zero-order valence-electron chi connectivity index (χ0n) is 13.0. The summed E-state index contributed by atoms with van der Waals surface area (Å²) in [6.45, 7) is 6.90. The summed E-state index contributed by atoms with van der Waals surface area (Å²) in [5.74, 6) is -0.349. The SMILES string of the molecule is CCC1OCCC1C(=O)C(C#N)c1ccc(C(C)C)cc1. The zero-order chi connectivity index (χ0) is 15.4. The van der Waals surface area contributed by atoms with Gasteiger partial charge in [0.2, 0.25) is 0 Å². The lowest BCUT2D eigenvalue weighted by Crippen LogP contribution is -2.28. The molecule has 0 amide bonds. The van der Waals surface area contributed by atoms with Crippen LogP contribution in [0.4, 0.5) is 0 Å². The molecule has 1 aliphatic rings. The first kappa shape index (κ1) is 15.7. The van der Waals surface area contributed by atoms with Gasteiger partial charge in [-0.3, -0.25) is 4.79 Å². The summed E-state index contributed by atoms with van der Waals surface area (Å²) in [4.78, 5) is 12.7. The fourth-order valence-electron chi connectivity index (χ4n) is 2.97. The van der Waals surface area contributed by atoms with Crippen LogP contribution in [0.1, 0.15) is 56.6 Å². The standard InChI is InChI=1S/C18H23NO2/c1-4-17-15(9-10-21-17)18(20)16(11-19)14-7-5-13(6-8-14)12(2)3/h5-8,12,15-17H,4,9-10H2,1-3H3. The van der Waals surface area contributed by atoms with E-state index in [9.17, 15) is 10.1 Å². The van der Waals surface area contributed by atoms with Gasteiger partial charge in [-0.2, -0.15) is 5.26 Å². The Morgan fingerprint density at radius 1 is 1.33 bits per heavy atom. The van der Waals surface area contributed by atoms with Crippen molar-refractivity contribution in [2.24, 2.45) is 5.92 Å². The molecule has 1 aromatic carbocycles. The zero-order valence-corrected chi connectivity index (χ0v) is 13.0. The molecule has 112 valence electrons. The fourth-order valence-corrected chi connectivity index (χ4v) is 2.97. The highest BCUT2D eigenvalue weighted by Gasteiger charge is 2.37. The average molecular weight is 285 g/mol. The van der Waals surface area contributed by atoms with E-state index in [0.717, 1.165) is 18.4 Å². The Morgan fingerprint density at radius 2 is 1.95 bits per heavy atom. The molecule has 0 N–H and O–H groups in total. The summed E-state index contributed by atoms with van der Waals surface area (Å²) >= 11 is 0. The second-order valence-electron chi connectivity index (χ2n) is 6.00. The fraction of sp³-hybridized carbons (Fsp3) is 0.556. The van der Waals surface area contributed by atoms with Crippen LogP contribution in [-0.4, -0.2) is 18.5 Å². The molecule has 21 heavy (non-hydrogen) atoms. The van der Waals surface area contributed by atoms with E-state index < -0.39 is 5.92 Å². The van der Waals surface area contributed by atoms with Crippen LogP contribution in [0.25, 0.3) is 0 Å². The van der Waals surface area contributed by atoms with Crippen LogP contribution in [0.3, 0.4) is 0 Å². The minimum atomic E-state index is -0.674. The van der Waals surface area contributed by atoms with Crippen molar-refractivity contribution in [2.75, 3.05) is 6.61 Å². The van der Waals surface area contributed by atoms with Gasteiger partial charge in [-0.15, -0.1) is 0 Å². The summed E-state index contributed by atoms with van der Waals surface area (Å²) in [5.41, 5.74) is 2.02. The van der Waals surface area contributed by atoms with Crippen molar-refractivity contribution in [3.05, 3.63) is 35.4 Å². The van der Waals surface area contributed by atoms with E-state index >= 15 is 0 Å². The third-order valence-corrected chi connectivity index (χ3v) is 4.33. The number of ether oxygens (including phenoxy) is 1. The number of carbonyl (C=O) groups is 1. The van der Waals surface area contributed by atoms with Crippen molar-refractivity contribution >= 4 is 5.78 Å². The van der Waals surface area contributed by atoms with Gasteiger partial charge in [-0.25, -0.2) is 0 Å². The molecular weight excluding hydrogens is 262 g/mol. The van der Waals surface area contributed by atoms with Crippen molar-refractivity contribution < 1.29 is 9.53 Å². The Balaban J connectivity index is 2.19. The van der Waals surface area contributed by atoms with Gasteiger partial charge in [0.15, 0.2) is 5.78 Å². The highest BCUT2D eigenvalue weighted by atomic mass is 16.5. The van der Waals surface area contributed by atoms with E-state index in [1.165, 1.54) is 5.56 Å². The number of hydrogen-bond acceptors (Lipinski definition) is 3. The number of nitriles is 1. The molecule has 0 spiro atoms. The molecule has 3 nitrogen and oxygen atoms in total. The molecule has 2 rings (SSSR count). The summed E-state index contributed by atoms with van der Waals surface area (Å²) in [6, 6.07) is 10.0. The summed E-state index contributed by atoms with van der Waals surface area (Å²) in [5, 5.41) is 9.44. The lowest BCUT2D eigenvalue weighted by atomic mass is 9.83. The molecule has 0 aliphatic carbocycles. The van der Waals surface area contributed by atoms with E-state index in [0.29, 0.717) is 12.5 Å². The topological polar surface area (TPSA) is 50.1 Å². The maximum Gasteiger partial charge on any atom is 0.160 e. The molecule has 3 heteroatoms. The van der Waals surface area contributed by atoms with Gasteiger partial charge in [0.25, 0.3) is 0 Å². The van der Waals surface area contributed by atoms with Crippen LogP contribution < -0.4 is 0 Å². The van der Waals surface area contributed by atoms with Crippen LogP contribution in [0, 0.1) is 17.2 Å². The molecule has 0 aromatic heterocycles. The smallest absolute Gasteiger partial charge is 0.160 e. The minimum absolute atomic E-state index is 0.0131.